The van der Waals surface area contributed by atoms with Crippen molar-refractivity contribution in [2.24, 2.45) is 0 Å². The van der Waals surface area contributed by atoms with Crippen molar-refractivity contribution in [2.45, 2.75) is 13.8 Å². The van der Waals surface area contributed by atoms with Crippen LogP contribution in [0.3, 0.4) is 0 Å². The summed E-state index contributed by atoms with van der Waals surface area (Å²) in [4.78, 5) is 0. The van der Waals surface area contributed by atoms with Crippen molar-refractivity contribution in [3.05, 3.63) is 27.6 Å². The van der Waals surface area contributed by atoms with Crippen molar-refractivity contribution in [1.82, 2.24) is 0 Å². The average molecular weight is 534 g/mol. The van der Waals surface area contributed by atoms with E-state index in [1.807, 2.05) is 0 Å². The molecule has 18 heavy (non-hydrogen) atoms. The summed E-state index contributed by atoms with van der Waals surface area (Å²) in [5.41, 5.74) is 2.69. The Morgan fingerprint density at radius 2 is 1.00 bits per heavy atom. The van der Waals surface area contributed by atoms with E-state index in [-0.39, 0.29) is 0 Å². The van der Waals surface area contributed by atoms with Gasteiger partial charge in [0.05, 0.1) is 16.5 Å². The van der Waals surface area contributed by atoms with Crippen LogP contribution in [0.2, 0.25) is 0 Å². The van der Waals surface area contributed by atoms with Gasteiger partial charge in [0.25, 0.3) is 0 Å². The summed E-state index contributed by atoms with van der Waals surface area (Å²) < 4.78 is 7.37. The van der Waals surface area contributed by atoms with Crippen LogP contribution in [0.4, 0.5) is 0 Å². The van der Waals surface area contributed by atoms with E-state index in [2.05, 4.69) is 77.6 Å². The summed E-state index contributed by atoms with van der Waals surface area (Å²) in [6, 6.07) is 0. The molecule has 2 aromatic heterocycles. The molecule has 0 aliphatic rings. The normalized spacial score (nSPS) is 11.9. The third-order valence-electron chi connectivity index (χ3n) is 3.05. The van der Waals surface area contributed by atoms with Crippen molar-refractivity contribution in [3.8, 4) is 0 Å². The Balaban J connectivity index is 2.69. The first-order valence-corrected chi connectivity index (χ1v) is 9.88. The standard InChI is InChI=1S/C12H6Br4S2/c1-3-5-7(13)11(15)18-10(5)4(2)6-8(14)12(16)17-9(3)6/h1-2H3. The molecule has 6 heteroatoms. The summed E-state index contributed by atoms with van der Waals surface area (Å²) in [7, 11) is 0. The molecule has 0 amide bonds. The van der Waals surface area contributed by atoms with E-state index in [0.29, 0.717) is 0 Å². The Morgan fingerprint density at radius 3 is 1.33 bits per heavy atom. The Hall–Kier alpha value is 1.06. The van der Waals surface area contributed by atoms with Gasteiger partial charge in [-0.15, -0.1) is 22.7 Å². The zero-order valence-corrected chi connectivity index (χ0v) is 17.3. The Kier molecular flexibility index (Phi) is 3.74. The van der Waals surface area contributed by atoms with Crippen LogP contribution in [0, 0.1) is 13.8 Å². The molecule has 1 aromatic carbocycles. The lowest BCUT2D eigenvalue weighted by molar-refractivity contribution is 1.56. The summed E-state index contributed by atoms with van der Waals surface area (Å²) in [5, 5.41) is 2.66. The Morgan fingerprint density at radius 1 is 0.667 bits per heavy atom. The van der Waals surface area contributed by atoms with Gasteiger partial charge in [-0.1, -0.05) is 0 Å². The highest BCUT2D eigenvalue weighted by molar-refractivity contribution is 9.14. The van der Waals surface area contributed by atoms with Crippen LogP contribution in [-0.2, 0) is 0 Å². The fourth-order valence-electron chi connectivity index (χ4n) is 2.19. The number of thiophene rings is 2. The molecule has 0 spiro atoms. The van der Waals surface area contributed by atoms with E-state index in [9.17, 15) is 0 Å². The second kappa shape index (κ2) is 4.81. The van der Waals surface area contributed by atoms with Crippen LogP contribution < -0.4 is 0 Å². The molecular formula is C12H6Br4S2. The predicted octanol–water partition coefficient (Wildman–Crippen LogP) is 7.78. The van der Waals surface area contributed by atoms with E-state index in [0.717, 1.165) is 7.57 Å². The Labute approximate surface area is 146 Å². The molecule has 0 N–H and O–H groups in total. The number of halogens is 4. The van der Waals surface area contributed by atoms with Crippen LogP contribution in [0.25, 0.3) is 20.2 Å². The average Bonchev–Trinajstić information content (AvgIpc) is 2.78. The van der Waals surface area contributed by atoms with E-state index >= 15 is 0 Å². The van der Waals surface area contributed by atoms with Gasteiger partial charge in [-0.3, -0.25) is 0 Å². The van der Waals surface area contributed by atoms with Crippen LogP contribution >= 0.6 is 86.4 Å². The largest absolute Gasteiger partial charge is 0.127 e. The van der Waals surface area contributed by atoms with Gasteiger partial charge in [-0.2, -0.15) is 0 Å². The summed E-state index contributed by atoms with van der Waals surface area (Å²) >= 11 is 18.2. The van der Waals surface area contributed by atoms with Gasteiger partial charge in [0.2, 0.25) is 0 Å². The van der Waals surface area contributed by atoms with Crippen molar-refractivity contribution >= 4 is 107 Å². The number of fused-ring (bicyclic) bond motifs is 2. The van der Waals surface area contributed by atoms with E-state index in [4.69, 9.17) is 0 Å². The Bertz CT molecular complexity index is 730. The molecule has 0 atom stereocenters. The SMILES string of the molecule is Cc1c2sc(Br)c(Br)c2c(C)c2sc(Br)c(Br)c12. The molecule has 2 heterocycles. The number of hydrogen-bond acceptors (Lipinski definition) is 2. The molecule has 3 aromatic rings. The zero-order valence-electron chi connectivity index (χ0n) is 9.33. The second-order valence-corrected chi connectivity index (χ2v) is 10.3. The molecule has 0 saturated heterocycles. The van der Waals surface area contributed by atoms with Crippen molar-refractivity contribution in [1.29, 1.82) is 0 Å². The van der Waals surface area contributed by atoms with Gasteiger partial charge in [0.15, 0.2) is 0 Å². The van der Waals surface area contributed by atoms with Crippen LogP contribution in [0.15, 0.2) is 16.5 Å². The molecule has 0 unspecified atom stereocenters. The third kappa shape index (κ3) is 1.83. The van der Waals surface area contributed by atoms with Gasteiger partial charge in [-0.05, 0) is 88.7 Å². The van der Waals surface area contributed by atoms with Gasteiger partial charge >= 0.3 is 0 Å². The van der Waals surface area contributed by atoms with Gasteiger partial charge in [0, 0.05) is 20.2 Å². The summed E-state index contributed by atoms with van der Waals surface area (Å²) in [6.07, 6.45) is 0. The minimum absolute atomic E-state index is 1.16. The van der Waals surface area contributed by atoms with Crippen molar-refractivity contribution in [3.63, 3.8) is 0 Å². The maximum absolute atomic E-state index is 3.69. The smallest absolute Gasteiger partial charge is 0.0853 e. The number of aryl methyl sites for hydroxylation is 2. The molecule has 94 valence electrons. The van der Waals surface area contributed by atoms with Crippen LogP contribution in [0.5, 0.6) is 0 Å². The number of hydrogen-bond donors (Lipinski definition) is 0. The fraction of sp³-hybridized carbons (Fsp3) is 0.167. The molecule has 0 saturated carbocycles. The molecule has 0 bridgehead atoms. The lowest BCUT2D eigenvalue weighted by Gasteiger charge is -2.05. The molecule has 0 fully saturated rings. The van der Waals surface area contributed by atoms with Gasteiger partial charge in [0.1, 0.15) is 0 Å². The lowest BCUT2D eigenvalue weighted by Crippen LogP contribution is -1.81. The molecule has 0 radical (unpaired) electrons. The van der Waals surface area contributed by atoms with Crippen LogP contribution in [-0.4, -0.2) is 0 Å². The first-order valence-electron chi connectivity index (χ1n) is 5.07. The van der Waals surface area contributed by atoms with Gasteiger partial charge in [-0.25, -0.2) is 0 Å². The van der Waals surface area contributed by atoms with Gasteiger partial charge < -0.3 is 0 Å². The highest BCUT2D eigenvalue weighted by Gasteiger charge is 2.20. The van der Waals surface area contributed by atoms with E-state index in [1.165, 1.54) is 40.2 Å². The maximum atomic E-state index is 3.69. The molecule has 0 nitrogen and oxygen atoms in total. The highest BCUT2D eigenvalue weighted by Crippen LogP contribution is 2.50. The summed E-state index contributed by atoms with van der Waals surface area (Å²) in [5.74, 6) is 0. The van der Waals surface area contributed by atoms with E-state index < -0.39 is 0 Å². The maximum Gasteiger partial charge on any atom is 0.0853 e. The minimum Gasteiger partial charge on any atom is -0.127 e. The monoisotopic (exact) mass is 530 g/mol. The molecular weight excluding hydrogens is 528 g/mol. The van der Waals surface area contributed by atoms with E-state index in [1.54, 1.807) is 22.7 Å². The molecule has 0 aliphatic carbocycles. The second-order valence-electron chi connectivity index (χ2n) is 4.04. The number of rotatable bonds is 0. The quantitative estimate of drug-likeness (QED) is 0.277. The van der Waals surface area contributed by atoms with Crippen molar-refractivity contribution < 1.29 is 0 Å². The first-order chi connectivity index (χ1) is 8.43. The minimum atomic E-state index is 1.16. The van der Waals surface area contributed by atoms with Crippen LogP contribution in [0.1, 0.15) is 11.1 Å². The summed E-state index contributed by atoms with van der Waals surface area (Å²) in [6.45, 7) is 4.40. The fourth-order valence-corrected chi connectivity index (χ4v) is 7.27. The first kappa shape index (κ1) is 14.0. The topological polar surface area (TPSA) is 0 Å². The van der Waals surface area contributed by atoms with Crippen molar-refractivity contribution in [2.75, 3.05) is 0 Å². The zero-order chi connectivity index (χ0) is 13.2. The number of benzene rings is 1. The predicted molar refractivity (Wildman–Crippen MR) is 97.5 cm³/mol. The molecule has 0 aliphatic heterocycles. The highest BCUT2D eigenvalue weighted by atomic mass is 79.9. The lowest BCUT2D eigenvalue weighted by atomic mass is 10.0. The third-order valence-corrected chi connectivity index (χ3v) is 10.2. The molecule has 3 rings (SSSR count).